The minimum Gasteiger partial charge on any atom is -0.506 e. The lowest BCUT2D eigenvalue weighted by Crippen LogP contribution is -2.47. The summed E-state index contributed by atoms with van der Waals surface area (Å²) in [5, 5.41) is 13.4. The zero-order valence-corrected chi connectivity index (χ0v) is 19.2. The summed E-state index contributed by atoms with van der Waals surface area (Å²) in [5.74, 6) is 1.30. The van der Waals surface area contributed by atoms with Crippen molar-refractivity contribution < 1.29 is 14.6 Å². The lowest BCUT2D eigenvalue weighted by Gasteiger charge is -2.36. The van der Waals surface area contributed by atoms with Crippen LogP contribution < -0.4 is 24.8 Å². The van der Waals surface area contributed by atoms with Crippen molar-refractivity contribution in [3.05, 3.63) is 48.5 Å². The normalized spacial score (nSPS) is 16.4. The number of rotatable bonds is 6. The smallest absolute Gasteiger partial charge is 0.322 e. The first kappa shape index (κ1) is 22.0. The zero-order chi connectivity index (χ0) is 23.3. The van der Waals surface area contributed by atoms with E-state index < -0.39 is 0 Å². The van der Waals surface area contributed by atoms with Gasteiger partial charge in [-0.15, -0.1) is 0 Å². The number of aromatic nitrogens is 3. The number of anilines is 5. The Hall–Kier alpha value is -3.79. The van der Waals surface area contributed by atoms with Crippen LogP contribution in [0.25, 0.3) is 0 Å². The lowest BCUT2D eigenvalue weighted by molar-refractivity contribution is 0.122. The van der Waals surface area contributed by atoms with Crippen molar-refractivity contribution >= 4 is 29.0 Å². The van der Waals surface area contributed by atoms with Gasteiger partial charge in [0, 0.05) is 50.6 Å². The van der Waals surface area contributed by atoms with Gasteiger partial charge in [0.2, 0.25) is 11.9 Å². The molecule has 0 aliphatic carbocycles. The summed E-state index contributed by atoms with van der Waals surface area (Å²) >= 11 is 0. The monoisotopic (exact) mass is 463 g/mol. The van der Waals surface area contributed by atoms with E-state index in [1.807, 2.05) is 30.3 Å². The minimum absolute atomic E-state index is 0.264. The molecule has 0 amide bonds. The van der Waals surface area contributed by atoms with Crippen molar-refractivity contribution in [3.63, 3.8) is 0 Å². The van der Waals surface area contributed by atoms with Gasteiger partial charge < -0.3 is 34.6 Å². The van der Waals surface area contributed by atoms with Gasteiger partial charge in [0.25, 0.3) is 0 Å². The summed E-state index contributed by atoms with van der Waals surface area (Å²) in [6, 6.07) is 15.9. The fourth-order valence-corrected chi connectivity index (χ4v) is 4.22. The Labute approximate surface area is 198 Å². The van der Waals surface area contributed by atoms with E-state index in [-0.39, 0.29) is 6.01 Å². The van der Waals surface area contributed by atoms with Crippen LogP contribution in [0.5, 0.6) is 11.8 Å². The average molecular weight is 464 g/mol. The highest BCUT2D eigenvalue weighted by atomic mass is 16.5. The van der Waals surface area contributed by atoms with Crippen LogP contribution in [-0.4, -0.2) is 79.7 Å². The molecule has 2 saturated heterocycles. The van der Waals surface area contributed by atoms with Crippen molar-refractivity contribution in [2.24, 2.45) is 0 Å². The molecular weight excluding hydrogens is 434 g/mol. The van der Waals surface area contributed by atoms with E-state index in [9.17, 15) is 5.11 Å². The highest BCUT2D eigenvalue weighted by Crippen LogP contribution is 2.28. The molecule has 10 nitrogen and oxygen atoms in total. The third-order valence-corrected chi connectivity index (χ3v) is 6.07. The number of phenolic OH excluding ortho intramolecular Hbond substituents is 1. The van der Waals surface area contributed by atoms with Crippen molar-refractivity contribution in [3.8, 4) is 11.8 Å². The Morgan fingerprint density at radius 2 is 1.53 bits per heavy atom. The number of nitrogens with zero attached hydrogens (tertiary/aromatic N) is 6. The first-order chi connectivity index (χ1) is 16.7. The average Bonchev–Trinajstić information content (AvgIpc) is 2.90. The van der Waals surface area contributed by atoms with E-state index in [1.54, 1.807) is 13.2 Å². The largest absolute Gasteiger partial charge is 0.506 e. The summed E-state index contributed by atoms with van der Waals surface area (Å²) < 4.78 is 10.8. The molecule has 2 aliphatic rings. The van der Waals surface area contributed by atoms with E-state index in [2.05, 4.69) is 47.1 Å². The molecule has 10 heteroatoms. The molecule has 1 aromatic heterocycles. The zero-order valence-electron chi connectivity index (χ0n) is 19.2. The molecular formula is C24H29N7O3. The molecule has 5 rings (SSSR count). The maximum atomic E-state index is 10.2. The predicted octanol–water partition coefficient (Wildman–Crippen LogP) is 2.49. The Morgan fingerprint density at radius 1 is 0.824 bits per heavy atom. The molecule has 0 unspecified atom stereocenters. The number of para-hydroxylation sites is 2. The Morgan fingerprint density at radius 3 is 2.24 bits per heavy atom. The first-order valence-electron chi connectivity index (χ1n) is 11.5. The van der Waals surface area contributed by atoms with Gasteiger partial charge in [0.1, 0.15) is 5.75 Å². The van der Waals surface area contributed by atoms with E-state index in [0.717, 1.165) is 63.9 Å². The Kier molecular flexibility index (Phi) is 6.48. The summed E-state index contributed by atoms with van der Waals surface area (Å²) in [6.45, 7) is 6.25. The van der Waals surface area contributed by atoms with Crippen LogP contribution in [0.3, 0.4) is 0 Å². The summed E-state index contributed by atoms with van der Waals surface area (Å²) in [4.78, 5) is 20.1. The fourth-order valence-electron chi connectivity index (χ4n) is 4.22. The molecule has 2 aromatic carbocycles. The maximum Gasteiger partial charge on any atom is 0.322 e. The quantitative estimate of drug-likeness (QED) is 0.567. The molecule has 0 spiro atoms. The van der Waals surface area contributed by atoms with Crippen molar-refractivity contribution in [1.82, 2.24) is 15.0 Å². The van der Waals surface area contributed by atoms with Gasteiger partial charge in [-0.25, -0.2) is 0 Å². The van der Waals surface area contributed by atoms with Crippen LogP contribution in [0.2, 0.25) is 0 Å². The molecule has 178 valence electrons. The standard InChI is InChI=1S/C24H29N7O3/c1-33-24-27-22(25-18-6-8-19(9-7-18)29-14-16-34-17-15-29)26-23(28-24)31-12-10-30(11-13-31)20-4-2-3-5-21(20)32/h2-9,32H,10-17H2,1H3,(H,25,26,27,28). The van der Waals surface area contributed by atoms with Gasteiger partial charge >= 0.3 is 6.01 Å². The van der Waals surface area contributed by atoms with Crippen LogP contribution in [0.1, 0.15) is 0 Å². The minimum atomic E-state index is 0.264. The number of phenols is 1. The third-order valence-electron chi connectivity index (χ3n) is 6.07. The first-order valence-corrected chi connectivity index (χ1v) is 11.5. The molecule has 2 fully saturated rings. The molecule has 0 radical (unpaired) electrons. The molecule has 0 bridgehead atoms. The number of hydrogen-bond acceptors (Lipinski definition) is 10. The number of nitrogens with one attached hydrogen (secondary N) is 1. The SMILES string of the molecule is COc1nc(Nc2ccc(N3CCOCC3)cc2)nc(N2CCN(c3ccccc3O)CC2)n1. The molecule has 2 aliphatic heterocycles. The maximum absolute atomic E-state index is 10.2. The van der Waals surface area contributed by atoms with Gasteiger partial charge in [-0.2, -0.15) is 15.0 Å². The number of methoxy groups -OCH3 is 1. The number of ether oxygens (including phenoxy) is 2. The number of aromatic hydroxyl groups is 1. The molecule has 34 heavy (non-hydrogen) atoms. The Bertz CT molecular complexity index is 1100. The Balaban J connectivity index is 1.27. The third kappa shape index (κ3) is 4.91. The van der Waals surface area contributed by atoms with E-state index >= 15 is 0 Å². The van der Waals surface area contributed by atoms with Crippen LogP contribution in [0.15, 0.2) is 48.5 Å². The second kappa shape index (κ2) is 10.0. The number of hydrogen-bond donors (Lipinski definition) is 2. The van der Waals surface area contributed by atoms with Gasteiger partial charge in [0.05, 0.1) is 26.0 Å². The number of benzene rings is 2. The molecule has 2 N–H and O–H groups in total. The highest BCUT2D eigenvalue weighted by Gasteiger charge is 2.22. The van der Waals surface area contributed by atoms with E-state index in [4.69, 9.17) is 9.47 Å². The van der Waals surface area contributed by atoms with Crippen molar-refractivity contribution in [1.29, 1.82) is 0 Å². The van der Waals surface area contributed by atoms with Crippen molar-refractivity contribution in [2.75, 3.05) is 79.6 Å². The summed E-state index contributed by atoms with van der Waals surface area (Å²) in [5.41, 5.74) is 2.91. The molecule has 3 heterocycles. The van der Waals surface area contributed by atoms with Crippen LogP contribution in [-0.2, 0) is 4.74 Å². The van der Waals surface area contributed by atoms with Gasteiger partial charge in [-0.05, 0) is 36.4 Å². The number of morpholine rings is 1. The van der Waals surface area contributed by atoms with Crippen molar-refractivity contribution in [2.45, 2.75) is 0 Å². The molecule has 0 saturated carbocycles. The second-order valence-electron chi connectivity index (χ2n) is 8.18. The van der Waals surface area contributed by atoms with Crippen LogP contribution >= 0.6 is 0 Å². The van der Waals surface area contributed by atoms with Crippen LogP contribution in [0, 0.1) is 0 Å². The summed E-state index contributed by atoms with van der Waals surface area (Å²) in [6.07, 6.45) is 0. The predicted molar refractivity (Wildman–Crippen MR) is 132 cm³/mol. The second-order valence-corrected chi connectivity index (χ2v) is 8.18. The highest BCUT2D eigenvalue weighted by molar-refractivity contribution is 5.61. The van der Waals surface area contributed by atoms with Crippen LogP contribution in [0.4, 0.5) is 29.0 Å². The molecule has 3 aromatic rings. The molecule has 0 atom stereocenters. The van der Waals surface area contributed by atoms with E-state index in [0.29, 0.717) is 17.6 Å². The lowest BCUT2D eigenvalue weighted by atomic mass is 10.2. The van der Waals surface area contributed by atoms with Gasteiger partial charge in [0.15, 0.2) is 0 Å². The summed E-state index contributed by atoms with van der Waals surface area (Å²) in [7, 11) is 1.55. The van der Waals surface area contributed by atoms with E-state index in [1.165, 1.54) is 5.69 Å². The van der Waals surface area contributed by atoms with Gasteiger partial charge in [-0.1, -0.05) is 12.1 Å². The fraction of sp³-hybridized carbons (Fsp3) is 0.375. The topological polar surface area (TPSA) is 99.1 Å². The van der Waals surface area contributed by atoms with Gasteiger partial charge in [-0.3, -0.25) is 0 Å². The number of piperazine rings is 1.